The van der Waals surface area contributed by atoms with Gasteiger partial charge >= 0.3 is 0 Å². The molecule has 0 aliphatic heterocycles. The highest BCUT2D eigenvalue weighted by atomic mass is 79.9. The number of hydrogen-bond donors (Lipinski definition) is 1. The molecule has 2 aromatic rings. The third kappa shape index (κ3) is 5.49. The van der Waals surface area contributed by atoms with Crippen LogP contribution < -0.4 is 5.32 Å². The van der Waals surface area contributed by atoms with Crippen LogP contribution in [-0.2, 0) is 11.2 Å². The summed E-state index contributed by atoms with van der Waals surface area (Å²) >= 11 is 3.32. The van der Waals surface area contributed by atoms with E-state index in [1.807, 2.05) is 18.2 Å². The zero-order valence-electron chi connectivity index (χ0n) is 12.8. The van der Waals surface area contributed by atoms with Gasteiger partial charge in [0, 0.05) is 36.0 Å². The van der Waals surface area contributed by atoms with Gasteiger partial charge < -0.3 is 10.2 Å². The first-order valence-corrected chi connectivity index (χ1v) is 8.02. The molecule has 1 N–H and O–H groups in total. The fourth-order valence-corrected chi connectivity index (χ4v) is 2.39. The summed E-state index contributed by atoms with van der Waals surface area (Å²) in [7, 11) is 1.73. The topological polar surface area (TPSA) is 62.3 Å². The van der Waals surface area contributed by atoms with Crippen LogP contribution in [0.15, 0.2) is 53.3 Å². The van der Waals surface area contributed by atoms with Crippen molar-refractivity contribution in [2.75, 3.05) is 20.1 Å². The van der Waals surface area contributed by atoms with Crippen LogP contribution in [-0.4, -0.2) is 41.8 Å². The van der Waals surface area contributed by atoms with E-state index < -0.39 is 0 Å². The van der Waals surface area contributed by atoms with E-state index in [9.17, 15) is 9.59 Å². The van der Waals surface area contributed by atoms with Crippen molar-refractivity contribution < 1.29 is 9.59 Å². The van der Waals surface area contributed by atoms with E-state index >= 15 is 0 Å². The van der Waals surface area contributed by atoms with Gasteiger partial charge in [0.05, 0.1) is 6.54 Å². The van der Waals surface area contributed by atoms with Crippen LogP contribution >= 0.6 is 15.9 Å². The van der Waals surface area contributed by atoms with Gasteiger partial charge in [0.15, 0.2) is 0 Å². The molecule has 0 unspecified atom stereocenters. The van der Waals surface area contributed by atoms with E-state index in [2.05, 4.69) is 26.2 Å². The van der Waals surface area contributed by atoms with Crippen LogP contribution in [0.1, 0.15) is 15.9 Å². The number of carbonyl (C=O) groups is 2. The summed E-state index contributed by atoms with van der Waals surface area (Å²) in [6.07, 6.45) is 4.22. The summed E-state index contributed by atoms with van der Waals surface area (Å²) in [6, 6.07) is 10.9. The maximum absolute atomic E-state index is 12.1. The highest BCUT2D eigenvalue weighted by molar-refractivity contribution is 9.10. The molecule has 0 aliphatic carbocycles. The summed E-state index contributed by atoms with van der Waals surface area (Å²) < 4.78 is 0.825. The Hall–Kier alpha value is -2.21. The van der Waals surface area contributed by atoms with Crippen molar-refractivity contribution in [3.8, 4) is 0 Å². The standard InChI is InChI=1S/C17H18BrN3O2/c1-21(10-7-13-5-8-19-9-6-13)16(22)12-20-17(23)14-3-2-4-15(18)11-14/h2-6,8-9,11H,7,10,12H2,1H3,(H,20,23). The minimum atomic E-state index is -0.262. The minimum Gasteiger partial charge on any atom is -0.344 e. The Morgan fingerprint density at radius 3 is 2.65 bits per heavy atom. The van der Waals surface area contributed by atoms with E-state index in [1.54, 1.807) is 42.5 Å². The third-order valence-electron chi connectivity index (χ3n) is 3.40. The molecule has 1 heterocycles. The Kier molecular flexibility index (Phi) is 6.29. The van der Waals surface area contributed by atoms with Gasteiger partial charge in [-0.2, -0.15) is 0 Å². The number of pyridine rings is 1. The summed E-state index contributed by atoms with van der Waals surface area (Å²) in [6.45, 7) is 0.577. The van der Waals surface area contributed by atoms with Crippen LogP contribution in [0.25, 0.3) is 0 Å². The monoisotopic (exact) mass is 375 g/mol. The number of halogens is 1. The van der Waals surface area contributed by atoms with Gasteiger partial charge in [-0.05, 0) is 42.3 Å². The predicted molar refractivity (Wildman–Crippen MR) is 92.1 cm³/mol. The van der Waals surface area contributed by atoms with E-state index in [0.717, 1.165) is 16.5 Å². The van der Waals surface area contributed by atoms with E-state index in [0.29, 0.717) is 12.1 Å². The molecule has 23 heavy (non-hydrogen) atoms. The lowest BCUT2D eigenvalue weighted by molar-refractivity contribution is -0.128. The molecular weight excluding hydrogens is 358 g/mol. The zero-order chi connectivity index (χ0) is 16.7. The van der Waals surface area contributed by atoms with Crippen molar-refractivity contribution in [3.63, 3.8) is 0 Å². The average Bonchev–Trinajstić information content (AvgIpc) is 2.58. The van der Waals surface area contributed by atoms with Crippen molar-refractivity contribution in [3.05, 3.63) is 64.4 Å². The molecule has 2 rings (SSSR count). The van der Waals surface area contributed by atoms with Crippen molar-refractivity contribution >= 4 is 27.7 Å². The van der Waals surface area contributed by atoms with E-state index in [-0.39, 0.29) is 18.4 Å². The van der Waals surface area contributed by atoms with Gasteiger partial charge in [-0.25, -0.2) is 0 Å². The number of benzene rings is 1. The van der Waals surface area contributed by atoms with E-state index in [4.69, 9.17) is 0 Å². The molecule has 1 aromatic carbocycles. The van der Waals surface area contributed by atoms with Crippen molar-refractivity contribution in [1.29, 1.82) is 0 Å². The molecule has 2 amide bonds. The zero-order valence-corrected chi connectivity index (χ0v) is 14.4. The number of nitrogens with zero attached hydrogens (tertiary/aromatic N) is 2. The molecule has 0 saturated carbocycles. The molecule has 1 aromatic heterocycles. The summed E-state index contributed by atoms with van der Waals surface area (Å²) in [5.41, 5.74) is 1.64. The first-order valence-electron chi connectivity index (χ1n) is 7.23. The second-order valence-electron chi connectivity index (χ2n) is 5.11. The molecule has 120 valence electrons. The largest absolute Gasteiger partial charge is 0.344 e. The number of nitrogens with one attached hydrogen (secondary N) is 1. The van der Waals surface area contributed by atoms with Crippen LogP contribution in [0.2, 0.25) is 0 Å². The first-order chi connectivity index (χ1) is 11.1. The average molecular weight is 376 g/mol. The van der Waals surface area contributed by atoms with Crippen molar-refractivity contribution in [2.45, 2.75) is 6.42 Å². The normalized spacial score (nSPS) is 10.2. The van der Waals surface area contributed by atoms with Crippen molar-refractivity contribution in [2.24, 2.45) is 0 Å². The lowest BCUT2D eigenvalue weighted by Gasteiger charge is -2.17. The van der Waals surface area contributed by atoms with Crippen LogP contribution in [0.3, 0.4) is 0 Å². The van der Waals surface area contributed by atoms with Crippen LogP contribution in [0.5, 0.6) is 0 Å². The number of aromatic nitrogens is 1. The highest BCUT2D eigenvalue weighted by Crippen LogP contribution is 2.11. The quantitative estimate of drug-likeness (QED) is 0.842. The first kappa shape index (κ1) is 17.1. The summed E-state index contributed by atoms with van der Waals surface area (Å²) in [5, 5.41) is 2.64. The Balaban J connectivity index is 1.78. The molecule has 0 radical (unpaired) electrons. The Morgan fingerprint density at radius 1 is 1.22 bits per heavy atom. The number of amides is 2. The molecule has 0 spiro atoms. The maximum Gasteiger partial charge on any atom is 0.251 e. The van der Waals surface area contributed by atoms with Crippen molar-refractivity contribution in [1.82, 2.24) is 15.2 Å². The Bertz CT molecular complexity index is 677. The minimum absolute atomic E-state index is 0.0157. The SMILES string of the molecule is CN(CCc1ccncc1)C(=O)CNC(=O)c1cccc(Br)c1. The molecule has 0 aliphatic rings. The van der Waals surface area contributed by atoms with Crippen LogP contribution in [0, 0.1) is 0 Å². The molecule has 0 atom stereocenters. The third-order valence-corrected chi connectivity index (χ3v) is 3.89. The molecule has 0 saturated heterocycles. The van der Waals surface area contributed by atoms with Gasteiger partial charge in [0.25, 0.3) is 5.91 Å². The highest BCUT2D eigenvalue weighted by Gasteiger charge is 2.11. The fourth-order valence-electron chi connectivity index (χ4n) is 1.99. The number of carbonyl (C=O) groups excluding carboxylic acids is 2. The fraction of sp³-hybridized carbons (Fsp3) is 0.235. The van der Waals surface area contributed by atoms with Gasteiger partial charge in [0.1, 0.15) is 0 Å². The van der Waals surface area contributed by atoms with Gasteiger partial charge in [-0.1, -0.05) is 22.0 Å². The second kappa shape index (κ2) is 8.43. The molecular formula is C17H18BrN3O2. The number of rotatable bonds is 6. The van der Waals surface area contributed by atoms with Crippen LogP contribution in [0.4, 0.5) is 0 Å². The summed E-state index contributed by atoms with van der Waals surface area (Å²) in [5.74, 6) is -0.385. The predicted octanol–water partition coefficient (Wildman–Crippen LogP) is 2.28. The van der Waals surface area contributed by atoms with Gasteiger partial charge in [-0.3, -0.25) is 14.6 Å². The van der Waals surface area contributed by atoms with Gasteiger partial charge in [-0.15, -0.1) is 0 Å². The number of likely N-dealkylation sites (N-methyl/N-ethyl adjacent to an activating group) is 1. The van der Waals surface area contributed by atoms with Gasteiger partial charge in [0.2, 0.25) is 5.91 Å². The maximum atomic E-state index is 12.1. The second-order valence-corrected chi connectivity index (χ2v) is 6.03. The lowest BCUT2D eigenvalue weighted by atomic mass is 10.2. The molecule has 0 fully saturated rings. The lowest BCUT2D eigenvalue weighted by Crippen LogP contribution is -2.39. The molecule has 0 bridgehead atoms. The molecule has 6 heteroatoms. The Labute approximate surface area is 143 Å². The number of hydrogen-bond acceptors (Lipinski definition) is 3. The Morgan fingerprint density at radius 2 is 1.96 bits per heavy atom. The smallest absolute Gasteiger partial charge is 0.251 e. The van der Waals surface area contributed by atoms with E-state index in [1.165, 1.54) is 0 Å². The molecule has 5 nitrogen and oxygen atoms in total. The summed E-state index contributed by atoms with van der Waals surface area (Å²) in [4.78, 5) is 29.6.